The van der Waals surface area contributed by atoms with Gasteiger partial charge in [0.15, 0.2) is 0 Å². The maximum Gasteiger partial charge on any atom is 0.243 e. The van der Waals surface area contributed by atoms with E-state index in [0.717, 1.165) is 0 Å². The highest BCUT2D eigenvalue weighted by Gasteiger charge is 2.23. The molecule has 0 saturated heterocycles. The summed E-state index contributed by atoms with van der Waals surface area (Å²) >= 11 is 5.84. The van der Waals surface area contributed by atoms with Crippen molar-refractivity contribution in [3.05, 3.63) is 28.8 Å². The van der Waals surface area contributed by atoms with Crippen molar-refractivity contribution in [3.63, 3.8) is 0 Å². The molecule has 0 saturated carbocycles. The third kappa shape index (κ3) is 3.67. The van der Waals surface area contributed by atoms with Crippen LogP contribution in [0.15, 0.2) is 23.1 Å². The van der Waals surface area contributed by atoms with Crippen molar-refractivity contribution >= 4 is 21.6 Å². The second kappa shape index (κ2) is 6.87. The molecule has 0 aliphatic carbocycles. The van der Waals surface area contributed by atoms with Gasteiger partial charge in [-0.1, -0.05) is 18.5 Å². The molecule has 0 amide bonds. The minimum absolute atomic E-state index is 0.0521. The Bertz CT molecular complexity index is 581. The number of rotatable bonds is 6. The van der Waals surface area contributed by atoms with Crippen molar-refractivity contribution in [2.45, 2.75) is 18.2 Å². The van der Waals surface area contributed by atoms with Crippen LogP contribution in [0.5, 0.6) is 0 Å². The summed E-state index contributed by atoms with van der Waals surface area (Å²) in [6.07, 6.45) is 0.372. The molecular weight excluding hydrogens is 288 g/mol. The van der Waals surface area contributed by atoms with Gasteiger partial charge in [0.2, 0.25) is 10.0 Å². The van der Waals surface area contributed by atoms with Crippen LogP contribution in [-0.2, 0) is 10.0 Å². The van der Waals surface area contributed by atoms with Gasteiger partial charge >= 0.3 is 0 Å². The van der Waals surface area contributed by atoms with Crippen molar-refractivity contribution in [1.82, 2.24) is 4.31 Å². The monoisotopic (exact) mass is 302 g/mol. The average molecular weight is 303 g/mol. The molecule has 104 valence electrons. The van der Waals surface area contributed by atoms with Crippen molar-refractivity contribution < 1.29 is 13.5 Å². The van der Waals surface area contributed by atoms with E-state index in [1.54, 1.807) is 6.92 Å². The Hall–Kier alpha value is -1.13. The maximum absolute atomic E-state index is 12.3. The van der Waals surface area contributed by atoms with Gasteiger partial charge in [-0.15, -0.1) is 0 Å². The topological polar surface area (TPSA) is 81.4 Å². The van der Waals surface area contributed by atoms with Crippen LogP contribution in [0.2, 0.25) is 5.02 Å². The lowest BCUT2D eigenvalue weighted by Crippen LogP contribution is -2.32. The number of hydrogen-bond donors (Lipinski definition) is 1. The quantitative estimate of drug-likeness (QED) is 0.865. The third-order valence-electron chi connectivity index (χ3n) is 2.62. The van der Waals surface area contributed by atoms with E-state index in [9.17, 15) is 8.42 Å². The molecule has 19 heavy (non-hydrogen) atoms. The molecule has 1 rings (SSSR count). The molecular formula is C12H15ClN2O3S. The summed E-state index contributed by atoms with van der Waals surface area (Å²) in [5.41, 5.74) is 0.235. The third-order valence-corrected chi connectivity index (χ3v) is 4.90. The normalized spacial score (nSPS) is 11.5. The predicted octanol–water partition coefficient (Wildman–Crippen LogP) is 1.60. The number of halogens is 1. The maximum atomic E-state index is 12.3. The van der Waals surface area contributed by atoms with Crippen molar-refractivity contribution in [1.29, 1.82) is 5.26 Å². The van der Waals surface area contributed by atoms with Gasteiger partial charge in [-0.3, -0.25) is 0 Å². The number of nitrogens with zero attached hydrogens (tertiary/aromatic N) is 2. The van der Waals surface area contributed by atoms with Gasteiger partial charge < -0.3 is 5.11 Å². The number of sulfonamides is 1. The Labute approximate surface area is 118 Å². The lowest BCUT2D eigenvalue weighted by atomic mass is 10.2. The largest absolute Gasteiger partial charge is 0.396 e. The second-order valence-electron chi connectivity index (χ2n) is 3.83. The first-order valence-electron chi connectivity index (χ1n) is 5.78. The molecule has 0 aromatic heterocycles. The Balaban J connectivity index is 3.12. The zero-order valence-corrected chi connectivity index (χ0v) is 12.1. The lowest BCUT2D eigenvalue weighted by Gasteiger charge is -2.20. The van der Waals surface area contributed by atoms with Crippen LogP contribution in [0.25, 0.3) is 0 Å². The molecule has 0 bridgehead atoms. The standard InChI is InChI=1S/C12H15ClN2O3S/c1-2-15(6-3-7-16)19(17,18)11-5-4-10(9-14)12(13)8-11/h4-5,8,16H,2-3,6-7H2,1H3. The molecule has 5 nitrogen and oxygen atoms in total. The summed E-state index contributed by atoms with van der Waals surface area (Å²) < 4.78 is 25.9. The van der Waals surface area contributed by atoms with Crippen molar-refractivity contribution in [2.24, 2.45) is 0 Å². The molecule has 1 aromatic carbocycles. The van der Waals surface area contributed by atoms with Crippen LogP contribution in [-0.4, -0.2) is 37.5 Å². The first-order valence-corrected chi connectivity index (χ1v) is 7.59. The van der Waals surface area contributed by atoms with E-state index < -0.39 is 10.0 Å². The summed E-state index contributed by atoms with van der Waals surface area (Å²) in [7, 11) is -3.64. The van der Waals surface area contributed by atoms with E-state index in [4.69, 9.17) is 22.0 Å². The number of aliphatic hydroxyl groups is 1. The van der Waals surface area contributed by atoms with Crippen LogP contribution in [0, 0.1) is 11.3 Å². The smallest absolute Gasteiger partial charge is 0.243 e. The van der Waals surface area contributed by atoms with Gasteiger partial charge in [0.25, 0.3) is 0 Å². The number of nitriles is 1. The minimum Gasteiger partial charge on any atom is -0.396 e. The number of aliphatic hydroxyl groups excluding tert-OH is 1. The minimum atomic E-state index is -3.64. The number of benzene rings is 1. The van der Waals surface area contributed by atoms with E-state index in [-0.39, 0.29) is 28.6 Å². The molecule has 0 aliphatic heterocycles. The molecule has 0 unspecified atom stereocenters. The molecule has 0 radical (unpaired) electrons. The molecule has 0 atom stereocenters. The number of hydrogen-bond acceptors (Lipinski definition) is 4. The highest BCUT2D eigenvalue weighted by molar-refractivity contribution is 7.89. The fourth-order valence-electron chi connectivity index (χ4n) is 1.59. The first-order chi connectivity index (χ1) is 8.97. The highest BCUT2D eigenvalue weighted by Crippen LogP contribution is 2.22. The van der Waals surface area contributed by atoms with Gasteiger partial charge in [0.05, 0.1) is 15.5 Å². The molecule has 0 spiro atoms. The van der Waals surface area contributed by atoms with Gasteiger partial charge in [-0.25, -0.2) is 8.42 Å². The van der Waals surface area contributed by atoms with E-state index in [2.05, 4.69) is 0 Å². The average Bonchev–Trinajstić information content (AvgIpc) is 2.39. The van der Waals surface area contributed by atoms with E-state index in [1.165, 1.54) is 22.5 Å². The summed E-state index contributed by atoms with van der Waals surface area (Å²) in [5, 5.41) is 17.7. The summed E-state index contributed by atoms with van der Waals surface area (Å²) in [5.74, 6) is 0. The van der Waals surface area contributed by atoms with Gasteiger partial charge in [-0.2, -0.15) is 9.57 Å². The molecule has 1 N–H and O–H groups in total. The fourth-order valence-corrected chi connectivity index (χ4v) is 3.39. The van der Waals surface area contributed by atoms with Crippen LogP contribution in [0.3, 0.4) is 0 Å². The Kier molecular flexibility index (Phi) is 5.76. The molecule has 0 heterocycles. The molecule has 0 aliphatic rings. The summed E-state index contributed by atoms with van der Waals surface area (Å²) in [6, 6.07) is 5.90. The zero-order valence-electron chi connectivity index (χ0n) is 10.5. The molecule has 7 heteroatoms. The van der Waals surface area contributed by atoms with Crippen molar-refractivity contribution in [2.75, 3.05) is 19.7 Å². The lowest BCUT2D eigenvalue weighted by molar-refractivity contribution is 0.271. The summed E-state index contributed by atoms with van der Waals surface area (Å²) in [4.78, 5) is 0.0521. The van der Waals surface area contributed by atoms with E-state index >= 15 is 0 Å². The fraction of sp³-hybridized carbons (Fsp3) is 0.417. The van der Waals surface area contributed by atoms with Crippen LogP contribution in [0.4, 0.5) is 0 Å². The Morgan fingerprint density at radius 3 is 2.63 bits per heavy atom. The highest BCUT2D eigenvalue weighted by atomic mass is 35.5. The summed E-state index contributed by atoms with van der Waals surface area (Å²) in [6.45, 7) is 2.20. The molecule has 1 aromatic rings. The zero-order chi connectivity index (χ0) is 14.5. The van der Waals surface area contributed by atoms with E-state index in [1.807, 2.05) is 6.07 Å². The van der Waals surface area contributed by atoms with Crippen molar-refractivity contribution in [3.8, 4) is 6.07 Å². The van der Waals surface area contributed by atoms with Gasteiger partial charge in [0.1, 0.15) is 6.07 Å². The van der Waals surface area contributed by atoms with Gasteiger partial charge in [0, 0.05) is 19.7 Å². The predicted molar refractivity (Wildman–Crippen MR) is 72.3 cm³/mol. The Morgan fingerprint density at radius 1 is 1.47 bits per heavy atom. The van der Waals surface area contributed by atoms with Crippen LogP contribution >= 0.6 is 11.6 Å². The van der Waals surface area contributed by atoms with Crippen LogP contribution in [0.1, 0.15) is 18.9 Å². The SMILES string of the molecule is CCN(CCCO)S(=O)(=O)c1ccc(C#N)c(Cl)c1. The first kappa shape index (κ1) is 15.9. The second-order valence-corrected chi connectivity index (χ2v) is 6.17. The van der Waals surface area contributed by atoms with Gasteiger partial charge in [-0.05, 0) is 24.6 Å². The van der Waals surface area contributed by atoms with Crippen LogP contribution < -0.4 is 0 Å². The molecule has 0 fully saturated rings. The van der Waals surface area contributed by atoms with E-state index in [0.29, 0.717) is 13.0 Å². The Morgan fingerprint density at radius 2 is 2.16 bits per heavy atom.